The highest BCUT2D eigenvalue weighted by atomic mass is 16.1. The lowest BCUT2D eigenvalue weighted by molar-refractivity contribution is -0.119. The highest BCUT2D eigenvalue weighted by molar-refractivity contribution is 5.80. The molecular weight excluding hydrogens is 214 g/mol. The van der Waals surface area contributed by atoms with Crippen molar-refractivity contribution < 1.29 is 4.79 Å². The first kappa shape index (κ1) is 13.4. The van der Waals surface area contributed by atoms with Gasteiger partial charge in [-0.25, -0.2) is 0 Å². The molecule has 0 heterocycles. The Morgan fingerprint density at radius 1 is 1.35 bits per heavy atom. The van der Waals surface area contributed by atoms with E-state index in [1.165, 1.54) is 0 Å². The van der Waals surface area contributed by atoms with Gasteiger partial charge >= 0.3 is 0 Å². The number of anilines is 2. The number of hydrogen-bond donors (Lipinski definition) is 2. The summed E-state index contributed by atoms with van der Waals surface area (Å²) in [5.74, 6) is 0.0297. The first-order chi connectivity index (χ1) is 8.13. The van der Waals surface area contributed by atoms with Crippen LogP contribution in [0.1, 0.15) is 13.3 Å². The normalized spacial score (nSPS) is 9.82. The summed E-state index contributed by atoms with van der Waals surface area (Å²) in [6.07, 6.45) is 0.960. The summed E-state index contributed by atoms with van der Waals surface area (Å²) in [6.45, 7) is 3.09. The average Bonchev–Trinajstić information content (AvgIpc) is 2.34. The monoisotopic (exact) mass is 235 g/mol. The zero-order valence-electron chi connectivity index (χ0n) is 10.8. The van der Waals surface area contributed by atoms with Gasteiger partial charge in [0.05, 0.1) is 6.54 Å². The van der Waals surface area contributed by atoms with Crippen molar-refractivity contribution in [3.8, 4) is 0 Å². The van der Waals surface area contributed by atoms with E-state index in [1.807, 2.05) is 50.2 Å². The lowest BCUT2D eigenvalue weighted by Crippen LogP contribution is -2.30. The van der Waals surface area contributed by atoms with Gasteiger partial charge in [-0.15, -0.1) is 0 Å². The van der Waals surface area contributed by atoms with Gasteiger partial charge in [-0.2, -0.15) is 0 Å². The molecule has 94 valence electrons. The van der Waals surface area contributed by atoms with Crippen molar-refractivity contribution in [3.63, 3.8) is 0 Å². The van der Waals surface area contributed by atoms with Gasteiger partial charge in [0.1, 0.15) is 0 Å². The molecule has 1 aromatic carbocycles. The van der Waals surface area contributed by atoms with E-state index in [1.54, 1.807) is 0 Å². The molecule has 0 radical (unpaired) electrons. The van der Waals surface area contributed by atoms with Crippen LogP contribution in [-0.2, 0) is 4.79 Å². The smallest absolute Gasteiger partial charge is 0.239 e. The Balaban J connectivity index is 2.46. The molecule has 1 amide bonds. The Morgan fingerprint density at radius 2 is 2.12 bits per heavy atom. The fraction of sp³-hybridized carbons (Fsp3) is 0.462. The topological polar surface area (TPSA) is 44.4 Å². The second-order valence-corrected chi connectivity index (χ2v) is 4.15. The van der Waals surface area contributed by atoms with Crippen LogP contribution >= 0.6 is 0 Å². The summed E-state index contributed by atoms with van der Waals surface area (Å²) in [6, 6.07) is 7.98. The highest BCUT2D eigenvalue weighted by Crippen LogP contribution is 2.16. The molecule has 1 rings (SSSR count). The minimum absolute atomic E-state index is 0.0297. The molecule has 0 aliphatic heterocycles. The molecule has 0 unspecified atom stereocenters. The van der Waals surface area contributed by atoms with Gasteiger partial charge in [0, 0.05) is 32.0 Å². The van der Waals surface area contributed by atoms with Gasteiger partial charge in [-0.3, -0.25) is 4.79 Å². The zero-order chi connectivity index (χ0) is 12.7. The Hall–Kier alpha value is -1.71. The Bertz CT molecular complexity index is 363. The number of carbonyl (C=O) groups excluding carboxylic acids is 1. The third-order valence-corrected chi connectivity index (χ3v) is 2.39. The second-order valence-electron chi connectivity index (χ2n) is 4.15. The first-order valence-corrected chi connectivity index (χ1v) is 5.91. The molecule has 0 atom stereocenters. The van der Waals surface area contributed by atoms with Crippen molar-refractivity contribution >= 4 is 17.3 Å². The third-order valence-electron chi connectivity index (χ3n) is 2.39. The predicted octanol–water partition coefficient (Wildman–Crippen LogP) is 1.69. The Labute approximate surface area is 103 Å². The average molecular weight is 235 g/mol. The standard InChI is InChI=1S/C13H21N3O/c1-4-8-14-13(17)10-15-11-6-5-7-12(9-11)16(2)3/h5-7,9,15H,4,8,10H2,1-3H3,(H,14,17). The van der Waals surface area contributed by atoms with Gasteiger partial charge in [-0.05, 0) is 24.6 Å². The van der Waals surface area contributed by atoms with Crippen LogP contribution in [0.3, 0.4) is 0 Å². The molecule has 0 aliphatic carbocycles. The number of carbonyl (C=O) groups is 1. The van der Waals surface area contributed by atoms with Crippen molar-refractivity contribution in [1.82, 2.24) is 5.32 Å². The van der Waals surface area contributed by atoms with Gasteiger partial charge < -0.3 is 15.5 Å². The van der Waals surface area contributed by atoms with Crippen LogP contribution in [0.4, 0.5) is 11.4 Å². The van der Waals surface area contributed by atoms with E-state index in [0.29, 0.717) is 6.54 Å². The molecule has 17 heavy (non-hydrogen) atoms. The summed E-state index contributed by atoms with van der Waals surface area (Å²) >= 11 is 0. The molecule has 1 aromatic rings. The fourth-order valence-electron chi connectivity index (χ4n) is 1.40. The van der Waals surface area contributed by atoms with Crippen molar-refractivity contribution in [2.24, 2.45) is 0 Å². The predicted molar refractivity (Wildman–Crippen MR) is 72.6 cm³/mol. The van der Waals surface area contributed by atoms with E-state index in [-0.39, 0.29) is 5.91 Å². The molecule has 0 fully saturated rings. The Morgan fingerprint density at radius 3 is 2.76 bits per heavy atom. The van der Waals surface area contributed by atoms with Crippen LogP contribution in [0.15, 0.2) is 24.3 Å². The van der Waals surface area contributed by atoms with Crippen molar-refractivity contribution in [1.29, 1.82) is 0 Å². The van der Waals surface area contributed by atoms with Gasteiger partial charge in [0.15, 0.2) is 0 Å². The molecule has 0 spiro atoms. The van der Waals surface area contributed by atoms with E-state index >= 15 is 0 Å². The van der Waals surface area contributed by atoms with E-state index in [2.05, 4.69) is 10.6 Å². The number of nitrogens with one attached hydrogen (secondary N) is 2. The second kappa shape index (κ2) is 6.78. The number of amides is 1. The highest BCUT2D eigenvalue weighted by Gasteiger charge is 2.01. The number of nitrogens with zero attached hydrogens (tertiary/aromatic N) is 1. The molecule has 4 heteroatoms. The SMILES string of the molecule is CCCNC(=O)CNc1cccc(N(C)C)c1. The quantitative estimate of drug-likeness (QED) is 0.788. The molecule has 0 saturated carbocycles. The summed E-state index contributed by atoms with van der Waals surface area (Å²) in [7, 11) is 3.99. The molecule has 0 aliphatic rings. The number of benzene rings is 1. The van der Waals surface area contributed by atoms with E-state index in [4.69, 9.17) is 0 Å². The zero-order valence-corrected chi connectivity index (χ0v) is 10.8. The minimum Gasteiger partial charge on any atom is -0.378 e. The van der Waals surface area contributed by atoms with Gasteiger partial charge in [-0.1, -0.05) is 13.0 Å². The molecule has 2 N–H and O–H groups in total. The van der Waals surface area contributed by atoms with Crippen molar-refractivity contribution in [2.75, 3.05) is 37.4 Å². The largest absolute Gasteiger partial charge is 0.378 e. The minimum atomic E-state index is 0.0297. The lowest BCUT2D eigenvalue weighted by atomic mass is 10.2. The van der Waals surface area contributed by atoms with Crippen LogP contribution in [-0.4, -0.2) is 33.1 Å². The molecule has 0 bridgehead atoms. The maximum atomic E-state index is 11.4. The molecular formula is C13H21N3O. The van der Waals surface area contributed by atoms with Gasteiger partial charge in [0.25, 0.3) is 0 Å². The van der Waals surface area contributed by atoms with Crippen LogP contribution in [0.2, 0.25) is 0 Å². The van der Waals surface area contributed by atoms with Crippen LogP contribution < -0.4 is 15.5 Å². The molecule has 4 nitrogen and oxygen atoms in total. The van der Waals surface area contributed by atoms with E-state index in [9.17, 15) is 4.79 Å². The van der Waals surface area contributed by atoms with E-state index < -0.39 is 0 Å². The van der Waals surface area contributed by atoms with Crippen molar-refractivity contribution in [3.05, 3.63) is 24.3 Å². The first-order valence-electron chi connectivity index (χ1n) is 5.91. The third kappa shape index (κ3) is 4.76. The van der Waals surface area contributed by atoms with Crippen LogP contribution in [0.5, 0.6) is 0 Å². The molecule has 0 saturated heterocycles. The Kier molecular flexibility index (Phi) is 5.33. The summed E-state index contributed by atoms with van der Waals surface area (Å²) in [5, 5.41) is 5.94. The van der Waals surface area contributed by atoms with Crippen LogP contribution in [0.25, 0.3) is 0 Å². The molecule has 0 aromatic heterocycles. The number of hydrogen-bond acceptors (Lipinski definition) is 3. The van der Waals surface area contributed by atoms with Crippen molar-refractivity contribution in [2.45, 2.75) is 13.3 Å². The van der Waals surface area contributed by atoms with E-state index in [0.717, 1.165) is 24.3 Å². The van der Waals surface area contributed by atoms with Crippen LogP contribution in [0, 0.1) is 0 Å². The summed E-state index contributed by atoms with van der Waals surface area (Å²) < 4.78 is 0. The summed E-state index contributed by atoms with van der Waals surface area (Å²) in [5.41, 5.74) is 2.08. The van der Waals surface area contributed by atoms with Gasteiger partial charge in [0.2, 0.25) is 5.91 Å². The maximum Gasteiger partial charge on any atom is 0.239 e. The summed E-state index contributed by atoms with van der Waals surface area (Å²) in [4.78, 5) is 13.4. The lowest BCUT2D eigenvalue weighted by Gasteiger charge is -2.14. The maximum absolute atomic E-state index is 11.4. The fourth-order valence-corrected chi connectivity index (χ4v) is 1.40. The number of rotatable bonds is 6.